The molecule has 4 aromatic carbocycles. The van der Waals surface area contributed by atoms with Crippen LogP contribution in [-0.2, 0) is 4.79 Å². The highest BCUT2D eigenvalue weighted by atomic mass is 32.9. The third-order valence-electron chi connectivity index (χ3n) is 6.80. The van der Waals surface area contributed by atoms with E-state index in [0.29, 0.717) is 12.2 Å². The van der Waals surface area contributed by atoms with Crippen molar-refractivity contribution in [1.29, 1.82) is 0 Å². The molecule has 0 saturated heterocycles. The van der Waals surface area contributed by atoms with Crippen molar-refractivity contribution in [3.8, 4) is 16.2 Å². The van der Waals surface area contributed by atoms with Crippen LogP contribution in [0.5, 0.6) is 5.75 Å². The van der Waals surface area contributed by atoms with Gasteiger partial charge in [-0.25, -0.2) is 0 Å². The van der Waals surface area contributed by atoms with Gasteiger partial charge >= 0.3 is 5.97 Å². The lowest BCUT2D eigenvalue weighted by atomic mass is 10.2. The Bertz CT molecular complexity index is 1430. The lowest BCUT2D eigenvalue weighted by molar-refractivity contribution is -0.134. The third kappa shape index (κ3) is 6.80. The fraction of sp³-hybridized carbons (Fsp3) is 0.152. The molecule has 0 bridgehead atoms. The Balaban J connectivity index is 1.22. The minimum atomic E-state index is -1.82. The lowest BCUT2D eigenvalue weighted by Gasteiger charge is -2.27. The van der Waals surface area contributed by atoms with Gasteiger partial charge in [0.05, 0.1) is 6.16 Å². The molecule has 0 aliphatic carbocycles. The summed E-state index contributed by atoms with van der Waals surface area (Å²) in [6.07, 6.45) is 4.32. The van der Waals surface area contributed by atoms with Crippen LogP contribution in [0.4, 0.5) is 0 Å². The van der Waals surface area contributed by atoms with E-state index in [4.69, 9.17) is 17.0 Å². The number of esters is 1. The van der Waals surface area contributed by atoms with Gasteiger partial charge in [-0.3, -0.25) is 4.79 Å². The van der Waals surface area contributed by atoms with Crippen molar-refractivity contribution in [3.05, 3.63) is 125 Å². The predicted octanol–water partition coefficient (Wildman–Crippen LogP) is 8.67. The first-order chi connectivity index (χ1) is 19.1. The van der Waals surface area contributed by atoms with Gasteiger partial charge < -0.3 is 4.74 Å². The normalized spacial score (nSPS) is 11.3. The molecular formula is C33H30O2PS3+. The topological polar surface area (TPSA) is 26.3 Å². The van der Waals surface area contributed by atoms with Crippen LogP contribution >= 0.6 is 40.2 Å². The van der Waals surface area contributed by atoms with Gasteiger partial charge in [-0.1, -0.05) is 87.5 Å². The molecule has 1 aromatic heterocycles. The average Bonchev–Trinajstić information content (AvgIpc) is 3.43. The first-order valence-corrected chi connectivity index (χ1v) is 17.6. The molecule has 5 rings (SSSR count). The average molecular weight is 586 g/mol. The lowest BCUT2D eigenvalue weighted by Crippen LogP contribution is -2.33. The van der Waals surface area contributed by atoms with E-state index in [0.717, 1.165) is 39.7 Å². The Kier molecular flexibility index (Phi) is 9.49. The molecule has 0 atom stereocenters. The molecule has 0 aliphatic heterocycles. The van der Waals surface area contributed by atoms with E-state index < -0.39 is 7.26 Å². The maximum Gasteiger partial charge on any atom is 0.311 e. The van der Waals surface area contributed by atoms with Crippen molar-refractivity contribution in [2.45, 2.75) is 25.7 Å². The van der Waals surface area contributed by atoms with Gasteiger partial charge in [0.15, 0.2) is 0 Å². The summed E-state index contributed by atoms with van der Waals surface area (Å²) in [5.74, 6) is 0.411. The van der Waals surface area contributed by atoms with Gasteiger partial charge in [0.2, 0.25) is 0 Å². The fourth-order valence-corrected chi connectivity index (χ4v) is 11.7. The largest absolute Gasteiger partial charge is 0.427 e. The summed E-state index contributed by atoms with van der Waals surface area (Å²) in [6.45, 7) is 0. The van der Waals surface area contributed by atoms with Gasteiger partial charge in [0.1, 0.15) is 32.7 Å². The standard InChI is InChI=1S/C33H30O2PS3/c34-32(35-27-22-20-26(21-23-27)31-25-33(37)39-38-31)19-11-4-12-24-36(28-13-5-1-6-14-28,29-15-7-2-8-16-29)30-17-9-3-10-18-30/h1-3,5-10,13-18,20-23,25H,4,11-12,19,24H2/q+1. The van der Waals surface area contributed by atoms with Gasteiger partial charge in [0, 0.05) is 11.3 Å². The minimum Gasteiger partial charge on any atom is -0.427 e. The van der Waals surface area contributed by atoms with E-state index in [1.165, 1.54) is 15.9 Å². The molecule has 0 radical (unpaired) electrons. The quantitative estimate of drug-likeness (QED) is 0.0388. The molecule has 0 N–H and O–H groups in total. The van der Waals surface area contributed by atoms with Crippen molar-refractivity contribution >= 4 is 62.0 Å². The highest BCUT2D eigenvalue weighted by molar-refractivity contribution is 7.95. The van der Waals surface area contributed by atoms with Crippen molar-refractivity contribution in [3.63, 3.8) is 0 Å². The maximum atomic E-state index is 12.6. The smallest absolute Gasteiger partial charge is 0.311 e. The highest BCUT2D eigenvalue weighted by Crippen LogP contribution is 2.56. The number of hydrogen-bond donors (Lipinski definition) is 0. The Morgan fingerprint density at radius 1 is 0.667 bits per heavy atom. The zero-order valence-electron chi connectivity index (χ0n) is 21.6. The van der Waals surface area contributed by atoms with E-state index in [1.54, 1.807) is 20.7 Å². The Morgan fingerprint density at radius 3 is 1.69 bits per heavy atom. The van der Waals surface area contributed by atoms with Crippen molar-refractivity contribution in [2.24, 2.45) is 0 Å². The summed E-state index contributed by atoms with van der Waals surface area (Å²) in [7, 11) is 1.44. The van der Waals surface area contributed by atoms with E-state index in [9.17, 15) is 4.79 Å². The molecule has 0 unspecified atom stereocenters. The van der Waals surface area contributed by atoms with Crippen molar-refractivity contribution < 1.29 is 9.53 Å². The fourth-order valence-electron chi connectivity index (χ4n) is 4.92. The molecule has 0 fully saturated rings. The Morgan fingerprint density at radius 2 is 1.21 bits per heavy atom. The summed E-state index contributed by atoms with van der Waals surface area (Å²) in [6, 6.07) is 42.6. The van der Waals surface area contributed by atoms with E-state index in [-0.39, 0.29) is 5.97 Å². The second-order valence-corrected chi connectivity index (χ2v) is 15.9. The Hall–Kier alpha value is -2.95. The SMILES string of the molecule is O=C(CCCCC[P+](c1ccccc1)(c1ccccc1)c1ccccc1)Oc1ccc(-c2cc(=S)ss2)cc1. The number of unbranched alkanes of at least 4 members (excludes halogenated alkanes) is 2. The second kappa shape index (κ2) is 13.4. The maximum absolute atomic E-state index is 12.6. The molecular weight excluding hydrogens is 556 g/mol. The zero-order valence-corrected chi connectivity index (χ0v) is 24.9. The molecule has 0 aliphatic rings. The van der Waals surface area contributed by atoms with Crippen LogP contribution in [0.15, 0.2) is 121 Å². The van der Waals surface area contributed by atoms with Gasteiger partial charge in [-0.05, 0) is 91.6 Å². The molecule has 0 amide bonds. The molecule has 196 valence electrons. The van der Waals surface area contributed by atoms with Gasteiger partial charge in [-0.15, -0.1) is 0 Å². The summed E-state index contributed by atoms with van der Waals surface area (Å²) in [5.41, 5.74) is 1.09. The molecule has 0 saturated carbocycles. The van der Waals surface area contributed by atoms with Crippen molar-refractivity contribution in [1.82, 2.24) is 0 Å². The van der Waals surface area contributed by atoms with Crippen LogP contribution in [0.25, 0.3) is 10.4 Å². The molecule has 5 aromatic rings. The van der Waals surface area contributed by atoms with Crippen LogP contribution in [0, 0.1) is 3.82 Å². The van der Waals surface area contributed by atoms with Crippen molar-refractivity contribution in [2.75, 3.05) is 6.16 Å². The van der Waals surface area contributed by atoms with E-state index >= 15 is 0 Å². The van der Waals surface area contributed by atoms with Gasteiger partial charge in [0.25, 0.3) is 0 Å². The predicted molar refractivity (Wildman–Crippen MR) is 173 cm³/mol. The molecule has 39 heavy (non-hydrogen) atoms. The summed E-state index contributed by atoms with van der Waals surface area (Å²) >= 11 is 5.23. The monoisotopic (exact) mass is 585 g/mol. The second-order valence-electron chi connectivity index (χ2n) is 9.34. The third-order valence-corrected chi connectivity index (χ3v) is 14.2. The van der Waals surface area contributed by atoms with Crippen LogP contribution < -0.4 is 20.7 Å². The highest BCUT2D eigenvalue weighted by Gasteiger charge is 2.44. The van der Waals surface area contributed by atoms with Crippen LogP contribution in [0.2, 0.25) is 0 Å². The minimum absolute atomic E-state index is 0.177. The summed E-state index contributed by atoms with van der Waals surface area (Å²) < 4.78 is 6.51. The number of carbonyl (C=O) groups excluding carboxylic acids is 1. The molecule has 0 spiro atoms. The Labute approximate surface area is 243 Å². The van der Waals surface area contributed by atoms with Crippen LogP contribution in [0.3, 0.4) is 0 Å². The summed E-state index contributed by atoms with van der Waals surface area (Å²) in [4.78, 5) is 13.7. The number of hydrogen-bond acceptors (Lipinski definition) is 5. The first kappa shape index (κ1) is 27.6. The number of carbonyl (C=O) groups is 1. The number of benzene rings is 4. The van der Waals surface area contributed by atoms with E-state index in [2.05, 4.69) is 91.0 Å². The molecule has 6 heteroatoms. The van der Waals surface area contributed by atoms with Gasteiger partial charge in [-0.2, -0.15) is 0 Å². The zero-order chi connectivity index (χ0) is 26.9. The molecule has 2 nitrogen and oxygen atoms in total. The summed E-state index contributed by atoms with van der Waals surface area (Å²) in [5, 5.41) is 4.20. The molecule has 1 heterocycles. The van der Waals surface area contributed by atoms with Crippen LogP contribution in [0.1, 0.15) is 25.7 Å². The number of ether oxygens (including phenoxy) is 1. The van der Waals surface area contributed by atoms with Crippen LogP contribution in [-0.4, -0.2) is 12.1 Å². The van der Waals surface area contributed by atoms with E-state index in [1.807, 2.05) is 30.3 Å². The number of rotatable bonds is 11. The first-order valence-electron chi connectivity index (χ1n) is 13.1.